The Morgan fingerprint density at radius 3 is 2.57 bits per heavy atom. The predicted molar refractivity (Wildman–Crippen MR) is 56.9 cm³/mol. The number of rotatable bonds is 1. The molecule has 0 saturated heterocycles. The van der Waals surface area contributed by atoms with Crippen LogP contribution in [-0.2, 0) is 10.0 Å². The van der Waals surface area contributed by atoms with E-state index in [-0.39, 0.29) is 17.3 Å². The van der Waals surface area contributed by atoms with E-state index >= 15 is 0 Å². The Hall–Kier alpha value is -1.04. The van der Waals surface area contributed by atoms with Gasteiger partial charge in [0.15, 0.2) is 0 Å². The Balaban J connectivity index is 0.000000980. The number of sulfonamides is 1. The summed E-state index contributed by atoms with van der Waals surface area (Å²) >= 11 is 0. The van der Waals surface area contributed by atoms with Gasteiger partial charge >= 0.3 is 0 Å². The monoisotopic (exact) mass is 232 g/mol. The van der Waals surface area contributed by atoms with Crippen LogP contribution in [0.3, 0.4) is 0 Å². The van der Waals surface area contributed by atoms with Crippen LogP contribution >= 0.6 is 12.4 Å². The molecule has 0 aliphatic rings. The standard InChI is InChI=1S/C8H8N2O2S.ClH/c9-13(11,12)7-2-1-6-3-4-10-8(6)5-7;/h1-5,10H,(H2,9,11,12);1H. The largest absolute Gasteiger partial charge is 0.361 e. The second-order valence-corrected chi connectivity index (χ2v) is 4.33. The molecule has 1 aromatic heterocycles. The van der Waals surface area contributed by atoms with Crippen LogP contribution in [0.1, 0.15) is 0 Å². The van der Waals surface area contributed by atoms with Gasteiger partial charge in [0.2, 0.25) is 10.0 Å². The van der Waals surface area contributed by atoms with E-state index in [1.807, 2.05) is 6.07 Å². The molecule has 3 N–H and O–H groups in total. The van der Waals surface area contributed by atoms with Crippen LogP contribution in [0.15, 0.2) is 35.4 Å². The molecule has 76 valence electrons. The van der Waals surface area contributed by atoms with Gasteiger partial charge in [-0.3, -0.25) is 0 Å². The molecule has 0 bridgehead atoms. The summed E-state index contributed by atoms with van der Waals surface area (Å²) in [5, 5.41) is 5.94. The predicted octanol–water partition coefficient (Wildman–Crippen LogP) is 1.24. The molecular weight excluding hydrogens is 224 g/mol. The second kappa shape index (κ2) is 3.61. The number of nitrogens with one attached hydrogen (secondary N) is 1. The molecule has 0 unspecified atom stereocenters. The van der Waals surface area contributed by atoms with Crippen molar-refractivity contribution in [1.82, 2.24) is 4.98 Å². The van der Waals surface area contributed by atoms with E-state index in [1.54, 1.807) is 12.3 Å². The van der Waals surface area contributed by atoms with Crippen LogP contribution in [-0.4, -0.2) is 13.4 Å². The normalized spacial score (nSPS) is 11.2. The molecule has 1 aromatic carbocycles. The first-order valence-electron chi connectivity index (χ1n) is 3.67. The van der Waals surface area contributed by atoms with Crippen molar-refractivity contribution >= 4 is 33.3 Å². The number of benzene rings is 1. The molecule has 1 heterocycles. The van der Waals surface area contributed by atoms with Crippen LogP contribution in [0.5, 0.6) is 0 Å². The number of aromatic nitrogens is 1. The van der Waals surface area contributed by atoms with Crippen molar-refractivity contribution < 1.29 is 8.42 Å². The molecule has 0 aliphatic carbocycles. The molecule has 2 rings (SSSR count). The molecule has 0 aliphatic heterocycles. The van der Waals surface area contributed by atoms with Crippen molar-refractivity contribution in [2.45, 2.75) is 4.90 Å². The average Bonchev–Trinajstić information content (AvgIpc) is 2.47. The summed E-state index contributed by atoms with van der Waals surface area (Å²) in [5.74, 6) is 0. The van der Waals surface area contributed by atoms with Gasteiger partial charge in [0, 0.05) is 11.7 Å². The quantitative estimate of drug-likeness (QED) is 0.776. The van der Waals surface area contributed by atoms with Gasteiger partial charge in [-0.25, -0.2) is 13.6 Å². The highest BCUT2D eigenvalue weighted by Crippen LogP contribution is 2.16. The molecule has 6 heteroatoms. The highest BCUT2D eigenvalue weighted by atomic mass is 35.5. The highest BCUT2D eigenvalue weighted by Gasteiger charge is 2.07. The molecule has 4 nitrogen and oxygen atoms in total. The van der Waals surface area contributed by atoms with Crippen molar-refractivity contribution in [3.8, 4) is 0 Å². The van der Waals surface area contributed by atoms with E-state index in [0.717, 1.165) is 10.9 Å². The zero-order chi connectivity index (χ0) is 9.47. The van der Waals surface area contributed by atoms with E-state index in [2.05, 4.69) is 4.98 Å². The average molecular weight is 233 g/mol. The van der Waals surface area contributed by atoms with Gasteiger partial charge in [0.1, 0.15) is 0 Å². The van der Waals surface area contributed by atoms with Crippen LogP contribution in [0, 0.1) is 0 Å². The van der Waals surface area contributed by atoms with Crippen molar-refractivity contribution in [3.05, 3.63) is 30.5 Å². The number of halogens is 1. The van der Waals surface area contributed by atoms with Crippen LogP contribution in [0.4, 0.5) is 0 Å². The number of primary sulfonamides is 1. The number of aromatic amines is 1. The van der Waals surface area contributed by atoms with Crippen LogP contribution in [0.25, 0.3) is 10.9 Å². The van der Waals surface area contributed by atoms with E-state index in [4.69, 9.17) is 5.14 Å². The van der Waals surface area contributed by atoms with Crippen molar-refractivity contribution in [1.29, 1.82) is 0 Å². The first-order chi connectivity index (χ1) is 6.07. The SMILES string of the molecule is Cl.NS(=O)(=O)c1ccc2cc[nH]c2c1. The lowest BCUT2D eigenvalue weighted by Crippen LogP contribution is -2.11. The minimum Gasteiger partial charge on any atom is -0.361 e. The Morgan fingerprint density at radius 2 is 1.93 bits per heavy atom. The van der Waals surface area contributed by atoms with E-state index in [1.165, 1.54) is 12.1 Å². The molecule has 0 atom stereocenters. The molecule has 0 amide bonds. The summed E-state index contributed by atoms with van der Waals surface area (Å²) in [6, 6.07) is 6.59. The van der Waals surface area contributed by atoms with Crippen LogP contribution in [0.2, 0.25) is 0 Å². The maximum atomic E-state index is 11.0. The van der Waals surface area contributed by atoms with Crippen molar-refractivity contribution in [3.63, 3.8) is 0 Å². The Morgan fingerprint density at radius 1 is 1.21 bits per heavy atom. The molecule has 0 radical (unpaired) electrons. The van der Waals surface area contributed by atoms with E-state index in [0.29, 0.717) is 0 Å². The lowest BCUT2D eigenvalue weighted by molar-refractivity contribution is 0.598. The fourth-order valence-electron chi connectivity index (χ4n) is 1.20. The third-order valence-corrected chi connectivity index (χ3v) is 2.77. The van der Waals surface area contributed by atoms with Gasteiger partial charge < -0.3 is 4.98 Å². The fraction of sp³-hybridized carbons (Fsp3) is 0. The number of hydrogen-bond donors (Lipinski definition) is 2. The summed E-state index contributed by atoms with van der Waals surface area (Å²) in [4.78, 5) is 3.04. The minimum atomic E-state index is -3.59. The second-order valence-electron chi connectivity index (χ2n) is 2.77. The number of fused-ring (bicyclic) bond motifs is 1. The summed E-state index contributed by atoms with van der Waals surface area (Å²) in [5.41, 5.74) is 0.770. The van der Waals surface area contributed by atoms with Gasteiger partial charge in [0.25, 0.3) is 0 Å². The lowest BCUT2D eigenvalue weighted by atomic mass is 10.2. The van der Waals surface area contributed by atoms with Gasteiger partial charge in [-0.1, -0.05) is 6.07 Å². The van der Waals surface area contributed by atoms with Gasteiger partial charge in [0.05, 0.1) is 4.90 Å². The fourth-order valence-corrected chi connectivity index (χ4v) is 1.74. The van der Waals surface area contributed by atoms with Gasteiger partial charge in [-0.05, 0) is 23.6 Å². The highest BCUT2D eigenvalue weighted by molar-refractivity contribution is 7.89. The zero-order valence-electron chi connectivity index (χ0n) is 7.10. The molecule has 0 spiro atoms. The molecule has 14 heavy (non-hydrogen) atoms. The number of nitrogens with two attached hydrogens (primary N) is 1. The van der Waals surface area contributed by atoms with E-state index < -0.39 is 10.0 Å². The zero-order valence-corrected chi connectivity index (χ0v) is 8.73. The summed E-state index contributed by atoms with van der Waals surface area (Å²) < 4.78 is 21.9. The molecule has 0 saturated carbocycles. The molecular formula is C8H9ClN2O2S. The lowest BCUT2D eigenvalue weighted by Gasteiger charge is -1.96. The Labute approximate surface area is 87.6 Å². The minimum absolute atomic E-state index is 0. The Bertz CT molecular complexity index is 547. The van der Waals surface area contributed by atoms with Gasteiger partial charge in [-0.15, -0.1) is 12.4 Å². The number of hydrogen-bond acceptors (Lipinski definition) is 2. The van der Waals surface area contributed by atoms with Gasteiger partial charge in [-0.2, -0.15) is 0 Å². The Kier molecular flexibility index (Phi) is 2.84. The molecule has 2 aromatic rings. The number of H-pyrrole nitrogens is 1. The third kappa shape index (κ3) is 1.89. The maximum Gasteiger partial charge on any atom is 0.238 e. The maximum absolute atomic E-state index is 11.0. The first kappa shape index (κ1) is 11.0. The smallest absolute Gasteiger partial charge is 0.238 e. The third-order valence-electron chi connectivity index (χ3n) is 1.86. The van der Waals surface area contributed by atoms with Crippen molar-refractivity contribution in [2.24, 2.45) is 5.14 Å². The summed E-state index contributed by atoms with van der Waals surface area (Å²) in [6.07, 6.45) is 1.75. The summed E-state index contributed by atoms with van der Waals surface area (Å²) in [7, 11) is -3.59. The summed E-state index contributed by atoms with van der Waals surface area (Å²) in [6.45, 7) is 0. The van der Waals surface area contributed by atoms with E-state index in [9.17, 15) is 8.42 Å². The topological polar surface area (TPSA) is 76.0 Å². The van der Waals surface area contributed by atoms with Crippen LogP contribution < -0.4 is 5.14 Å². The van der Waals surface area contributed by atoms with Crippen molar-refractivity contribution in [2.75, 3.05) is 0 Å². The molecule has 0 fully saturated rings. The first-order valence-corrected chi connectivity index (χ1v) is 5.22.